The number of ketones is 1. The lowest BCUT2D eigenvalue weighted by molar-refractivity contribution is -0.117. The van der Waals surface area contributed by atoms with E-state index in [0.29, 0.717) is 12.5 Å². The molecular formula is C25H33N3O2. The molecule has 2 aromatic rings. The first-order valence-corrected chi connectivity index (χ1v) is 11.2. The molecule has 1 saturated heterocycles. The largest absolute Gasteiger partial charge is 0.489 e. The molecule has 1 saturated carbocycles. The smallest absolute Gasteiger partial charge is 0.131 e. The minimum atomic E-state index is 0.167. The maximum Gasteiger partial charge on any atom is 0.131 e. The lowest BCUT2D eigenvalue weighted by atomic mass is 9.92. The Labute approximate surface area is 180 Å². The van der Waals surface area contributed by atoms with E-state index < -0.39 is 0 Å². The summed E-state index contributed by atoms with van der Waals surface area (Å²) in [6.45, 7) is 5.56. The van der Waals surface area contributed by atoms with Crippen LogP contribution < -0.4 is 14.5 Å². The van der Waals surface area contributed by atoms with Crippen molar-refractivity contribution in [2.75, 3.05) is 29.9 Å². The molecule has 1 aromatic heterocycles. The Morgan fingerprint density at radius 2 is 1.97 bits per heavy atom. The highest BCUT2D eigenvalue weighted by Gasteiger charge is 2.27. The van der Waals surface area contributed by atoms with Gasteiger partial charge in [-0.1, -0.05) is 25.1 Å². The highest BCUT2D eigenvalue weighted by molar-refractivity contribution is 5.76. The third-order valence-electron chi connectivity index (χ3n) is 6.52. The Morgan fingerprint density at radius 1 is 1.20 bits per heavy atom. The maximum absolute atomic E-state index is 11.3. The molecule has 160 valence electrons. The number of Topliss-reactive ketones (excluding diaryl/α,β-unsaturated/α-hetero) is 1. The molecule has 0 bridgehead atoms. The molecule has 2 heterocycles. The van der Waals surface area contributed by atoms with Gasteiger partial charge in [0.05, 0.1) is 6.54 Å². The van der Waals surface area contributed by atoms with Crippen molar-refractivity contribution in [2.45, 2.75) is 64.0 Å². The van der Waals surface area contributed by atoms with Gasteiger partial charge < -0.3 is 19.3 Å². The Hall–Kier alpha value is -2.56. The zero-order valence-electron chi connectivity index (χ0n) is 18.4. The van der Waals surface area contributed by atoms with Gasteiger partial charge in [-0.15, -0.1) is 0 Å². The number of carbonyl (C=O) groups is 1. The van der Waals surface area contributed by atoms with Gasteiger partial charge in [0.2, 0.25) is 0 Å². The zero-order valence-corrected chi connectivity index (χ0v) is 18.4. The van der Waals surface area contributed by atoms with E-state index >= 15 is 0 Å². The lowest BCUT2D eigenvalue weighted by Gasteiger charge is -2.35. The summed E-state index contributed by atoms with van der Waals surface area (Å²) in [7, 11) is 2.16. The zero-order chi connectivity index (χ0) is 21.1. The van der Waals surface area contributed by atoms with E-state index in [4.69, 9.17) is 9.72 Å². The summed E-state index contributed by atoms with van der Waals surface area (Å²) in [4.78, 5) is 20.9. The first-order valence-electron chi connectivity index (χ1n) is 11.2. The first kappa shape index (κ1) is 20.7. The molecule has 0 unspecified atom stereocenters. The summed E-state index contributed by atoms with van der Waals surface area (Å²) in [5.41, 5.74) is 1.18. The van der Waals surface area contributed by atoms with E-state index in [1.165, 1.54) is 24.8 Å². The summed E-state index contributed by atoms with van der Waals surface area (Å²) in [6.07, 6.45) is 5.62. The molecule has 0 spiro atoms. The van der Waals surface area contributed by atoms with Crippen molar-refractivity contribution >= 4 is 17.4 Å². The van der Waals surface area contributed by atoms with E-state index in [2.05, 4.69) is 54.1 Å². The van der Waals surface area contributed by atoms with Gasteiger partial charge in [-0.2, -0.15) is 0 Å². The van der Waals surface area contributed by atoms with Crippen LogP contribution in [0, 0.1) is 0 Å². The van der Waals surface area contributed by atoms with Crippen LogP contribution in [0.2, 0.25) is 0 Å². The molecule has 5 heteroatoms. The van der Waals surface area contributed by atoms with Crippen molar-refractivity contribution in [3.8, 4) is 5.75 Å². The number of rotatable bonds is 8. The van der Waals surface area contributed by atoms with Crippen molar-refractivity contribution in [2.24, 2.45) is 0 Å². The second-order valence-corrected chi connectivity index (χ2v) is 8.90. The van der Waals surface area contributed by atoms with Crippen LogP contribution in [-0.4, -0.2) is 43.1 Å². The minimum Gasteiger partial charge on any atom is -0.489 e. The highest BCUT2D eigenvalue weighted by Crippen LogP contribution is 2.29. The summed E-state index contributed by atoms with van der Waals surface area (Å²) in [5, 5.41) is 0. The molecule has 4 rings (SSSR count). The Balaban J connectivity index is 1.34. The highest BCUT2D eigenvalue weighted by atomic mass is 16.5. The van der Waals surface area contributed by atoms with E-state index in [9.17, 15) is 4.79 Å². The van der Waals surface area contributed by atoms with Crippen LogP contribution in [-0.2, 0) is 4.79 Å². The normalized spacial score (nSPS) is 20.0. The van der Waals surface area contributed by atoms with Gasteiger partial charge in [0.25, 0.3) is 0 Å². The molecule has 2 fully saturated rings. The number of hydrogen-bond acceptors (Lipinski definition) is 5. The Kier molecular flexibility index (Phi) is 6.26. The van der Waals surface area contributed by atoms with Crippen LogP contribution >= 0.6 is 0 Å². The molecule has 30 heavy (non-hydrogen) atoms. The fourth-order valence-corrected chi connectivity index (χ4v) is 4.39. The van der Waals surface area contributed by atoms with Crippen LogP contribution in [0.1, 0.15) is 57.4 Å². The van der Waals surface area contributed by atoms with Crippen LogP contribution in [0.15, 0.2) is 42.5 Å². The van der Waals surface area contributed by atoms with Crippen molar-refractivity contribution in [1.29, 1.82) is 0 Å². The number of benzene rings is 1. The van der Waals surface area contributed by atoms with Crippen molar-refractivity contribution in [3.05, 3.63) is 48.0 Å². The van der Waals surface area contributed by atoms with Crippen LogP contribution in [0.3, 0.4) is 0 Å². The van der Waals surface area contributed by atoms with Gasteiger partial charge in [0.15, 0.2) is 0 Å². The average Bonchev–Trinajstić information content (AvgIpc) is 3.15. The maximum atomic E-state index is 11.3. The summed E-state index contributed by atoms with van der Waals surface area (Å²) >= 11 is 0. The number of carbonyl (C=O) groups excluding carboxylic acids is 1. The predicted molar refractivity (Wildman–Crippen MR) is 122 cm³/mol. The standard InChI is InChI=1S/C25H33N3O2/c1-18(16-19(2)29)20-10-12-22(13-11-20)30-23-14-15-28(17-23)25-9-5-8-24(26-25)27(3)21-6-4-7-21/h5,8-13,18,21,23H,4,6-7,14-17H2,1-3H3/t18-,23-/m1/s1. The number of nitrogens with zero attached hydrogens (tertiary/aromatic N) is 3. The minimum absolute atomic E-state index is 0.167. The fourth-order valence-electron chi connectivity index (χ4n) is 4.39. The van der Waals surface area contributed by atoms with E-state index in [1.807, 2.05) is 12.1 Å². The first-order chi connectivity index (χ1) is 14.5. The van der Waals surface area contributed by atoms with Gasteiger partial charge in [-0.25, -0.2) is 4.98 Å². The van der Waals surface area contributed by atoms with Gasteiger partial charge >= 0.3 is 0 Å². The van der Waals surface area contributed by atoms with Crippen LogP contribution in [0.4, 0.5) is 11.6 Å². The van der Waals surface area contributed by atoms with E-state index in [-0.39, 0.29) is 17.8 Å². The molecule has 0 N–H and O–H groups in total. The van der Waals surface area contributed by atoms with E-state index in [0.717, 1.165) is 36.9 Å². The third-order valence-corrected chi connectivity index (χ3v) is 6.52. The summed E-state index contributed by atoms with van der Waals surface area (Å²) in [5.74, 6) is 3.47. The Morgan fingerprint density at radius 3 is 2.63 bits per heavy atom. The Bertz CT molecular complexity index is 863. The van der Waals surface area contributed by atoms with Gasteiger partial charge in [0.1, 0.15) is 29.3 Å². The topological polar surface area (TPSA) is 45.7 Å². The van der Waals surface area contributed by atoms with Crippen LogP contribution in [0.25, 0.3) is 0 Å². The third kappa shape index (κ3) is 4.77. The molecule has 2 atom stereocenters. The number of pyridine rings is 1. The number of aromatic nitrogens is 1. The molecule has 1 aromatic carbocycles. The number of hydrogen-bond donors (Lipinski definition) is 0. The lowest BCUT2D eigenvalue weighted by Crippen LogP contribution is -2.37. The van der Waals surface area contributed by atoms with Crippen molar-refractivity contribution < 1.29 is 9.53 Å². The summed E-state index contributed by atoms with van der Waals surface area (Å²) < 4.78 is 6.24. The van der Waals surface area contributed by atoms with Gasteiger partial charge in [-0.05, 0) is 61.9 Å². The monoisotopic (exact) mass is 407 g/mol. The molecule has 5 nitrogen and oxygen atoms in total. The quantitative estimate of drug-likeness (QED) is 0.628. The average molecular weight is 408 g/mol. The molecule has 0 amide bonds. The molecule has 2 aliphatic rings. The second-order valence-electron chi connectivity index (χ2n) is 8.90. The fraction of sp³-hybridized carbons (Fsp3) is 0.520. The van der Waals surface area contributed by atoms with E-state index in [1.54, 1.807) is 6.92 Å². The van der Waals surface area contributed by atoms with Crippen molar-refractivity contribution in [1.82, 2.24) is 4.98 Å². The van der Waals surface area contributed by atoms with Crippen molar-refractivity contribution in [3.63, 3.8) is 0 Å². The predicted octanol–water partition coefficient (Wildman–Crippen LogP) is 4.81. The molecule has 0 radical (unpaired) electrons. The molecular weight excluding hydrogens is 374 g/mol. The summed E-state index contributed by atoms with van der Waals surface area (Å²) in [6, 6.07) is 15.2. The number of ether oxygens (including phenoxy) is 1. The SMILES string of the molecule is CC(=O)C[C@@H](C)c1ccc(O[C@@H]2CCN(c3cccc(N(C)C4CCC4)n3)C2)cc1. The number of anilines is 2. The van der Waals surface area contributed by atoms with Gasteiger partial charge in [-0.3, -0.25) is 0 Å². The van der Waals surface area contributed by atoms with Gasteiger partial charge in [0, 0.05) is 32.5 Å². The molecule has 1 aliphatic heterocycles. The molecule has 1 aliphatic carbocycles. The van der Waals surface area contributed by atoms with Crippen LogP contribution in [0.5, 0.6) is 5.75 Å². The second kappa shape index (κ2) is 9.07.